The van der Waals surface area contributed by atoms with Crippen LogP contribution >= 0.6 is 23.2 Å². The van der Waals surface area contributed by atoms with Gasteiger partial charge in [-0.1, -0.05) is 84.6 Å². The van der Waals surface area contributed by atoms with Crippen LogP contribution in [-0.2, 0) is 26.2 Å². The van der Waals surface area contributed by atoms with Crippen LogP contribution in [-0.4, -0.2) is 43.8 Å². The molecule has 3 aromatic carbocycles. The van der Waals surface area contributed by atoms with Crippen LogP contribution in [0.2, 0.25) is 10.0 Å². The van der Waals surface area contributed by atoms with Crippen LogP contribution in [0.5, 0.6) is 0 Å². The van der Waals surface area contributed by atoms with Crippen molar-refractivity contribution in [1.82, 2.24) is 10.2 Å². The highest BCUT2D eigenvalue weighted by Crippen LogP contribution is 2.30. The number of aryl methyl sites for hydroxylation is 2. The Morgan fingerprint density at radius 2 is 1.51 bits per heavy atom. The van der Waals surface area contributed by atoms with Gasteiger partial charge in [0, 0.05) is 22.6 Å². The Morgan fingerprint density at radius 1 is 0.878 bits per heavy atom. The molecule has 0 aromatic heterocycles. The van der Waals surface area contributed by atoms with Crippen molar-refractivity contribution in [3.63, 3.8) is 0 Å². The SMILES string of the molecule is CC[C@H](C)NC(=O)[C@H](CC)N(Cc1cccc(C)c1)C(=O)CN(c1cc(Cl)cc(Cl)c1)S(=O)(=O)c1ccc(C)cc1. The molecule has 0 heterocycles. The summed E-state index contributed by atoms with van der Waals surface area (Å²) in [7, 11) is -4.22. The molecule has 220 valence electrons. The van der Waals surface area contributed by atoms with Crippen molar-refractivity contribution in [3.05, 3.63) is 93.5 Å². The first-order valence-electron chi connectivity index (χ1n) is 13.6. The standard InChI is InChI=1S/C31H37Cl2N3O4S/c1-6-23(5)34-31(38)29(7-2)35(19-24-10-8-9-22(4)15-24)30(37)20-36(27-17-25(32)16-26(33)18-27)41(39,40)28-13-11-21(3)12-14-28/h8-18,23,29H,6-7,19-20H2,1-5H3,(H,34,38)/t23-,29-/m0/s1. The van der Waals surface area contributed by atoms with E-state index in [1.165, 1.54) is 35.2 Å². The number of anilines is 1. The Morgan fingerprint density at radius 3 is 2.07 bits per heavy atom. The summed E-state index contributed by atoms with van der Waals surface area (Å²) in [5, 5.41) is 3.42. The Hall–Kier alpha value is -3.07. The topological polar surface area (TPSA) is 86.8 Å². The van der Waals surface area contributed by atoms with Crippen molar-refractivity contribution in [2.24, 2.45) is 0 Å². The van der Waals surface area contributed by atoms with E-state index in [0.29, 0.717) is 6.42 Å². The summed E-state index contributed by atoms with van der Waals surface area (Å²) in [6.07, 6.45) is 1.07. The average molecular weight is 619 g/mol. The monoisotopic (exact) mass is 617 g/mol. The van der Waals surface area contributed by atoms with Gasteiger partial charge in [0.2, 0.25) is 11.8 Å². The molecule has 0 radical (unpaired) electrons. The van der Waals surface area contributed by atoms with E-state index in [0.717, 1.165) is 27.4 Å². The van der Waals surface area contributed by atoms with Gasteiger partial charge in [-0.2, -0.15) is 0 Å². The molecule has 1 N–H and O–H groups in total. The molecule has 2 atom stereocenters. The van der Waals surface area contributed by atoms with Gasteiger partial charge in [0.25, 0.3) is 10.0 Å². The molecular weight excluding hydrogens is 581 g/mol. The Kier molecular flexibility index (Phi) is 11.2. The van der Waals surface area contributed by atoms with E-state index in [4.69, 9.17) is 23.2 Å². The number of carbonyl (C=O) groups is 2. The number of sulfonamides is 1. The minimum atomic E-state index is -4.22. The Labute approximate surface area is 253 Å². The molecule has 2 amide bonds. The molecule has 0 aliphatic heterocycles. The number of nitrogens with one attached hydrogen (secondary N) is 1. The van der Waals surface area contributed by atoms with Crippen molar-refractivity contribution in [3.8, 4) is 0 Å². The van der Waals surface area contributed by atoms with Gasteiger partial charge in [0.1, 0.15) is 12.6 Å². The molecule has 0 spiro atoms. The maximum absolute atomic E-state index is 14.2. The molecule has 3 rings (SSSR count). The van der Waals surface area contributed by atoms with Gasteiger partial charge in [-0.15, -0.1) is 0 Å². The third kappa shape index (κ3) is 8.47. The number of hydrogen-bond acceptors (Lipinski definition) is 4. The minimum Gasteiger partial charge on any atom is -0.352 e. The van der Waals surface area contributed by atoms with E-state index in [9.17, 15) is 18.0 Å². The zero-order valence-corrected chi connectivity index (χ0v) is 26.4. The lowest BCUT2D eigenvalue weighted by molar-refractivity contribution is -0.140. The smallest absolute Gasteiger partial charge is 0.264 e. The molecule has 41 heavy (non-hydrogen) atoms. The minimum absolute atomic E-state index is 0.0128. The van der Waals surface area contributed by atoms with Crippen LogP contribution in [0.25, 0.3) is 0 Å². The second-order valence-corrected chi connectivity index (χ2v) is 12.9. The predicted molar refractivity (Wildman–Crippen MR) is 166 cm³/mol. The number of rotatable bonds is 12. The number of benzene rings is 3. The largest absolute Gasteiger partial charge is 0.352 e. The summed E-state index contributed by atoms with van der Waals surface area (Å²) < 4.78 is 29.0. The maximum Gasteiger partial charge on any atom is 0.264 e. The van der Waals surface area contributed by atoms with E-state index in [-0.39, 0.29) is 39.1 Å². The van der Waals surface area contributed by atoms with Crippen molar-refractivity contribution in [2.75, 3.05) is 10.8 Å². The van der Waals surface area contributed by atoms with Gasteiger partial charge in [-0.05, 0) is 69.5 Å². The number of nitrogens with zero attached hydrogens (tertiary/aromatic N) is 2. The Bertz CT molecular complexity index is 1460. The molecule has 0 aliphatic carbocycles. The van der Waals surface area contributed by atoms with Crippen molar-refractivity contribution >= 4 is 50.7 Å². The van der Waals surface area contributed by atoms with E-state index in [1.807, 2.05) is 58.9 Å². The highest BCUT2D eigenvalue weighted by atomic mass is 35.5. The molecular formula is C31H37Cl2N3O4S. The fraction of sp³-hybridized carbons (Fsp3) is 0.355. The van der Waals surface area contributed by atoms with E-state index < -0.39 is 28.5 Å². The lowest BCUT2D eigenvalue weighted by Crippen LogP contribution is -2.53. The van der Waals surface area contributed by atoms with Gasteiger partial charge in [-0.25, -0.2) is 8.42 Å². The zero-order valence-electron chi connectivity index (χ0n) is 24.0. The zero-order chi connectivity index (χ0) is 30.3. The van der Waals surface area contributed by atoms with E-state index >= 15 is 0 Å². The predicted octanol–water partition coefficient (Wildman–Crippen LogP) is 6.53. The third-order valence-corrected chi connectivity index (χ3v) is 9.07. The number of carbonyl (C=O) groups excluding carboxylic acids is 2. The summed E-state index contributed by atoms with van der Waals surface area (Å²) in [5.41, 5.74) is 2.86. The van der Waals surface area contributed by atoms with Crippen LogP contribution in [0.1, 0.15) is 50.3 Å². The summed E-state index contributed by atoms with van der Waals surface area (Å²) in [4.78, 5) is 29.0. The van der Waals surface area contributed by atoms with Gasteiger partial charge in [-0.3, -0.25) is 13.9 Å². The second kappa shape index (κ2) is 14.2. The fourth-order valence-electron chi connectivity index (χ4n) is 4.42. The normalized spacial score (nSPS) is 12.9. The summed E-state index contributed by atoms with van der Waals surface area (Å²) in [5.74, 6) is -0.828. The molecule has 0 saturated heterocycles. The van der Waals surface area contributed by atoms with Gasteiger partial charge < -0.3 is 10.2 Å². The average Bonchev–Trinajstić information content (AvgIpc) is 2.91. The molecule has 0 bridgehead atoms. The molecule has 0 aliphatic rings. The number of amides is 2. The lowest BCUT2D eigenvalue weighted by atomic mass is 10.1. The Balaban J connectivity index is 2.09. The van der Waals surface area contributed by atoms with Crippen LogP contribution in [0.4, 0.5) is 5.69 Å². The van der Waals surface area contributed by atoms with Gasteiger partial charge >= 0.3 is 0 Å². The first-order valence-corrected chi connectivity index (χ1v) is 15.8. The van der Waals surface area contributed by atoms with Gasteiger partial charge in [0.05, 0.1) is 10.6 Å². The molecule has 10 heteroatoms. The van der Waals surface area contributed by atoms with E-state index in [2.05, 4.69) is 5.32 Å². The summed E-state index contributed by atoms with van der Waals surface area (Å²) in [6, 6.07) is 17.5. The van der Waals surface area contributed by atoms with Crippen molar-refractivity contribution < 1.29 is 18.0 Å². The summed E-state index contributed by atoms with van der Waals surface area (Å²) in [6.45, 7) is 9.05. The fourth-order valence-corrected chi connectivity index (χ4v) is 6.33. The maximum atomic E-state index is 14.2. The quantitative estimate of drug-likeness (QED) is 0.250. The third-order valence-electron chi connectivity index (χ3n) is 6.85. The van der Waals surface area contributed by atoms with Crippen LogP contribution < -0.4 is 9.62 Å². The molecule has 0 saturated carbocycles. The second-order valence-electron chi connectivity index (χ2n) is 10.2. The van der Waals surface area contributed by atoms with Crippen LogP contribution in [0.15, 0.2) is 71.6 Å². The highest BCUT2D eigenvalue weighted by Gasteiger charge is 2.34. The van der Waals surface area contributed by atoms with Crippen LogP contribution in [0.3, 0.4) is 0 Å². The first-order chi connectivity index (χ1) is 19.3. The number of hydrogen-bond donors (Lipinski definition) is 1. The van der Waals surface area contributed by atoms with Crippen molar-refractivity contribution in [2.45, 2.75) is 71.0 Å². The molecule has 0 fully saturated rings. The van der Waals surface area contributed by atoms with Crippen LogP contribution in [0, 0.1) is 13.8 Å². The lowest BCUT2D eigenvalue weighted by Gasteiger charge is -2.34. The van der Waals surface area contributed by atoms with E-state index in [1.54, 1.807) is 12.1 Å². The number of halogens is 2. The molecule has 3 aromatic rings. The summed E-state index contributed by atoms with van der Waals surface area (Å²) >= 11 is 12.5. The highest BCUT2D eigenvalue weighted by molar-refractivity contribution is 7.92. The van der Waals surface area contributed by atoms with Crippen molar-refractivity contribution in [1.29, 1.82) is 0 Å². The first kappa shape index (κ1) is 32.4. The molecule has 0 unspecified atom stereocenters. The molecule has 7 nitrogen and oxygen atoms in total. The van der Waals surface area contributed by atoms with Gasteiger partial charge in [0.15, 0.2) is 0 Å².